The fourth-order valence-electron chi connectivity index (χ4n) is 2.77. The van der Waals surface area contributed by atoms with Crippen LogP contribution in [0.3, 0.4) is 0 Å². The molecule has 7 heteroatoms. The van der Waals surface area contributed by atoms with E-state index in [-0.39, 0.29) is 5.91 Å². The maximum Gasteiger partial charge on any atom is 0.230 e. The van der Waals surface area contributed by atoms with E-state index in [9.17, 15) is 4.79 Å². The lowest BCUT2D eigenvalue weighted by Crippen LogP contribution is -2.24. The summed E-state index contributed by atoms with van der Waals surface area (Å²) in [5.41, 5.74) is 3.81. The van der Waals surface area contributed by atoms with Crippen molar-refractivity contribution in [2.24, 2.45) is 0 Å². The molecule has 0 aliphatic rings. The minimum Gasteiger partial charge on any atom is -0.444 e. The Hall–Kier alpha value is -3.32. The van der Waals surface area contributed by atoms with Crippen LogP contribution in [0.15, 0.2) is 83.7 Å². The molecule has 2 aromatic carbocycles. The van der Waals surface area contributed by atoms with Crippen LogP contribution in [0.2, 0.25) is 0 Å². The summed E-state index contributed by atoms with van der Waals surface area (Å²) in [4.78, 5) is 16.6. The van der Waals surface area contributed by atoms with Crippen LogP contribution in [0.4, 0.5) is 0 Å². The van der Waals surface area contributed by atoms with Crippen molar-refractivity contribution in [1.82, 2.24) is 20.1 Å². The number of thioether (sulfide) groups is 1. The molecule has 0 bridgehead atoms. The molecule has 0 saturated heterocycles. The third-order valence-electron chi connectivity index (χ3n) is 4.25. The summed E-state index contributed by atoms with van der Waals surface area (Å²) in [5.74, 6) is 1.60. The first-order valence-corrected chi connectivity index (χ1v) is 10.4. The van der Waals surface area contributed by atoms with Gasteiger partial charge in [-0.25, -0.2) is 9.67 Å². The fraction of sp³-hybridized carbons (Fsp3) is 0.136. The van der Waals surface area contributed by atoms with Gasteiger partial charge < -0.3 is 9.73 Å². The van der Waals surface area contributed by atoms with Gasteiger partial charge in [-0.05, 0) is 35.9 Å². The van der Waals surface area contributed by atoms with Gasteiger partial charge in [0.15, 0.2) is 0 Å². The number of nitrogens with zero attached hydrogens (tertiary/aromatic N) is 3. The number of oxazole rings is 1. The van der Waals surface area contributed by atoms with Gasteiger partial charge in [0.25, 0.3) is 0 Å². The van der Waals surface area contributed by atoms with Crippen molar-refractivity contribution in [3.05, 3.63) is 90.6 Å². The molecule has 0 fully saturated rings. The molecule has 29 heavy (non-hydrogen) atoms. The van der Waals surface area contributed by atoms with E-state index in [0.29, 0.717) is 23.9 Å². The van der Waals surface area contributed by atoms with Crippen LogP contribution in [0.25, 0.3) is 17.1 Å². The van der Waals surface area contributed by atoms with Crippen molar-refractivity contribution in [3.8, 4) is 17.1 Å². The van der Waals surface area contributed by atoms with E-state index in [2.05, 4.69) is 15.4 Å². The number of nitrogens with one attached hydrogen (secondary N) is 1. The Balaban J connectivity index is 1.20. The zero-order valence-electron chi connectivity index (χ0n) is 15.7. The maximum atomic E-state index is 12.1. The Bertz CT molecular complexity index is 1040. The van der Waals surface area contributed by atoms with Crippen LogP contribution in [-0.2, 0) is 17.1 Å². The molecule has 6 nitrogen and oxygen atoms in total. The Labute approximate surface area is 173 Å². The van der Waals surface area contributed by atoms with Gasteiger partial charge in [0.1, 0.15) is 6.26 Å². The second-order valence-electron chi connectivity index (χ2n) is 6.40. The quantitative estimate of drug-likeness (QED) is 0.479. The van der Waals surface area contributed by atoms with Gasteiger partial charge in [-0.3, -0.25) is 4.79 Å². The maximum absolute atomic E-state index is 12.1. The smallest absolute Gasteiger partial charge is 0.230 e. The third kappa shape index (κ3) is 5.14. The Morgan fingerprint density at radius 2 is 1.90 bits per heavy atom. The molecule has 4 rings (SSSR count). The molecule has 0 unspecified atom stereocenters. The highest BCUT2D eigenvalue weighted by Crippen LogP contribution is 2.20. The topological polar surface area (TPSA) is 73.0 Å². The summed E-state index contributed by atoms with van der Waals surface area (Å²) in [7, 11) is 0. The summed E-state index contributed by atoms with van der Waals surface area (Å²) in [6, 6.07) is 19.6. The predicted octanol–water partition coefficient (Wildman–Crippen LogP) is 4.08. The van der Waals surface area contributed by atoms with Crippen molar-refractivity contribution in [3.63, 3.8) is 0 Å². The molecular formula is C22H20N4O2S. The summed E-state index contributed by atoms with van der Waals surface area (Å²) >= 11 is 1.51. The number of hydrogen-bond donors (Lipinski definition) is 1. The first-order chi connectivity index (χ1) is 14.3. The molecule has 4 aromatic rings. The molecule has 1 amide bonds. The van der Waals surface area contributed by atoms with Gasteiger partial charge in [0.2, 0.25) is 11.8 Å². The Morgan fingerprint density at radius 3 is 2.66 bits per heavy atom. The molecule has 2 heterocycles. The molecular weight excluding hydrogens is 384 g/mol. The zero-order valence-corrected chi connectivity index (χ0v) is 16.5. The number of rotatable bonds is 8. The number of aromatic nitrogens is 3. The third-order valence-corrected chi connectivity index (χ3v) is 5.22. The largest absolute Gasteiger partial charge is 0.444 e. The molecule has 0 saturated carbocycles. The summed E-state index contributed by atoms with van der Waals surface area (Å²) in [6.45, 7) is 0.501. The van der Waals surface area contributed by atoms with Crippen LogP contribution >= 0.6 is 11.8 Å². The highest BCUT2D eigenvalue weighted by Gasteiger charge is 2.08. The van der Waals surface area contributed by atoms with Crippen molar-refractivity contribution in [1.29, 1.82) is 0 Å². The highest BCUT2D eigenvalue weighted by atomic mass is 32.2. The number of carbonyl (C=O) groups excluding carboxylic acids is 1. The lowest BCUT2D eigenvalue weighted by atomic mass is 10.2. The van der Waals surface area contributed by atoms with Crippen LogP contribution in [0.5, 0.6) is 0 Å². The van der Waals surface area contributed by atoms with E-state index in [1.54, 1.807) is 17.1 Å². The van der Waals surface area contributed by atoms with Crippen LogP contribution < -0.4 is 5.32 Å². The summed E-state index contributed by atoms with van der Waals surface area (Å²) in [6.07, 6.45) is 5.29. The Kier molecular flexibility index (Phi) is 6.07. The van der Waals surface area contributed by atoms with Gasteiger partial charge in [0.05, 0.1) is 17.1 Å². The van der Waals surface area contributed by atoms with Gasteiger partial charge in [-0.2, -0.15) is 5.10 Å². The first kappa shape index (κ1) is 19.0. The lowest BCUT2D eigenvalue weighted by molar-refractivity contribution is -0.118. The monoisotopic (exact) mass is 404 g/mol. The number of carbonyl (C=O) groups is 1. The minimum absolute atomic E-state index is 0.00192. The highest BCUT2D eigenvalue weighted by molar-refractivity contribution is 7.99. The van der Waals surface area contributed by atoms with E-state index in [0.717, 1.165) is 22.5 Å². The SMILES string of the molecule is O=C(CSCc1coc(-c2ccccc2)n1)NCc1ccc(-n2cccn2)cc1. The normalized spacial score (nSPS) is 10.8. The van der Waals surface area contributed by atoms with Crippen molar-refractivity contribution >= 4 is 17.7 Å². The van der Waals surface area contributed by atoms with E-state index >= 15 is 0 Å². The number of hydrogen-bond acceptors (Lipinski definition) is 5. The molecule has 0 spiro atoms. The van der Waals surface area contributed by atoms with Crippen molar-refractivity contribution in [2.75, 3.05) is 5.75 Å². The first-order valence-electron chi connectivity index (χ1n) is 9.21. The van der Waals surface area contributed by atoms with Gasteiger partial charge >= 0.3 is 0 Å². The average Bonchev–Trinajstić information content (AvgIpc) is 3.46. The lowest BCUT2D eigenvalue weighted by Gasteiger charge is -2.06. The second kappa shape index (κ2) is 9.25. The molecule has 0 aliphatic heterocycles. The van der Waals surface area contributed by atoms with Crippen LogP contribution in [0.1, 0.15) is 11.3 Å². The average molecular weight is 404 g/mol. The van der Waals surface area contributed by atoms with Crippen LogP contribution in [-0.4, -0.2) is 26.4 Å². The number of benzene rings is 2. The van der Waals surface area contributed by atoms with Gasteiger partial charge in [-0.1, -0.05) is 30.3 Å². The summed E-state index contributed by atoms with van der Waals surface area (Å²) < 4.78 is 7.32. The molecule has 0 radical (unpaired) electrons. The van der Waals surface area contributed by atoms with Gasteiger partial charge in [-0.15, -0.1) is 11.8 Å². The minimum atomic E-state index is -0.00192. The fourth-order valence-corrected chi connectivity index (χ4v) is 3.51. The zero-order chi connectivity index (χ0) is 19.9. The van der Waals surface area contributed by atoms with E-state index < -0.39 is 0 Å². The van der Waals surface area contributed by atoms with Crippen LogP contribution in [0, 0.1) is 0 Å². The standard InChI is InChI=1S/C22H20N4O2S/c27-21(23-13-17-7-9-20(10-8-17)26-12-4-11-24-26)16-29-15-19-14-28-22(25-19)18-5-2-1-3-6-18/h1-12,14H,13,15-16H2,(H,23,27). The molecule has 146 valence electrons. The van der Waals surface area contributed by atoms with Crippen molar-refractivity contribution < 1.29 is 9.21 Å². The number of amides is 1. The Morgan fingerprint density at radius 1 is 1.07 bits per heavy atom. The molecule has 1 N–H and O–H groups in total. The second-order valence-corrected chi connectivity index (χ2v) is 7.38. The van der Waals surface area contributed by atoms with E-state index in [1.807, 2.05) is 66.9 Å². The summed E-state index contributed by atoms with van der Waals surface area (Å²) in [5, 5.41) is 7.14. The molecule has 0 atom stereocenters. The molecule has 0 aliphatic carbocycles. The van der Waals surface area contributed by atoms with Crippen molar-refractivity contribution in [2.45, 2.75) is 12.3 Å². The van der Waals surface area contributed by atoms with Gasteiger partial charge in [0, 0.05) is 30.3 Å². The predicted molar refractivity (Wildman–Crippen MR) is 114 cm³/mol. The van der Waals surface area contributed by atoms with E-state index in [1.165, 1.54) is 11.8 Å². The van der Waals surface area contributed by atoms with E-state index in [4.69, 9.17) is 4.42 Å². The molecule has 2 aromatic heterocycles.